The van der Waals surface area contributed by atoms with Crippen molar-refractivity contribution in [3.05, 3.63) is 28.5 Å². The Balaban J connectivity index is 2.30. The number of aliphatic carboxylic acids is 1. The average molecular weight is 356 g/mol. The van der Waals surface area contributed by atoms with Crippen molar-refractivity contribution in [1.82, 2.24) is 4.98 Å². The summed E-state index contributed by atoms with van der Waals surface area (Å²) in [5.74, 6) is -1.29. The second-order valence-corrected chi connectivity index (χ2v) is 7.06. The molecule has 0 saturated carbocycles. The van der Waals surface area contributed by atoms with E-state index in [1.165, 1.54) is 0 Å². The Bertz CT molecular complexity index is 516. The number of carboxylic acid groups (broad SMARTS) is 1. The molecule has 2 heterocycles. The van der Waals surface area contributed by atoms with E-state index in [9.17, 15) is 9.90 Å². The molecular weight excluding hydrogens is 337 g/mol. The molecule has 0 amide bonds. The van der Waals surface area contributed by atoms with Crippen molar-refractivity contribution in [3.63, 3.8) is 0 Å². The molecule has 1 atom stereocenters. The van der Waals surface area contributed by atoms with E-state index in [1.54, 1.807) is 12.3 Å². The molecule has 2 rings (SSSR count). The van der Waals surface area contributed by atoms with Gasteiger partial charge in [-0.3, -0.25) is 4.79 Å². The molecule has 0 bridgehead atoms. The zero-order valence-electron chi connectivity index (χ0n) is 12.6. The third-order valence-electron chi connectivity index (χ3n) is 4.17. The van der Waals surface area contributed by atoms with Gasteiger partial charge in [-0.2, -0.15) is 0 Å². The van der Waals surface area contributed by atoms with Gasteiger partial charge in [0.15, 0.2) is 0 Å². The van der Waals surface area contributed by atoms with Gasteiger partial charge in [0, 0.05) is 12.0 Å². The van der Waals surface area contributed by atoms with Crippen LogP contribution in [0.3, 0.4) is 0 Å². The first-order chi connectivity index (χ1) is 9.62. The van der Waals surface area contributed by atoms with Crippen LogP contribution in [0, 0.1) is 0 Å². The maximum Gasteiger partial charge on any atom is 0.466 e. The molecule has 5 nitrogen and oxygen atoms in total. The highest BCUT2D eigenvalue weighted by molar-refractivity contribution is 9.10. The number of carboxylic acids is 1. The molecule has 1 aromatic heterocycles. The van der Waals surface area contributed by atoms with E-state index in [1.807, 2.05) is 33.8 Å². The Morgan fingerprint density at radius 1 is 1.33 bits per heavy atom. The van der Waals surface area contributed by atoms with E-state index in [-0.39, 0.29) is 6.42 Å². The highest BCUT2D eigenvalue weighted by Gasteiger charge is 2.54. The van der Waals surface area contributed by atoms with Gasteiger partial charge in [-0.1, -0.05) is 6.07 Å². The van der Waals surface area contributed by atoms with E-state index in [2.05, 4.69) is 20.9 Å². The summed E-state index contributed by atoms with van der Waals surface area (Å²) in [5, 5.41) is 9.18. The van der Waals surface area contributed by atoms with E-state index in [0.717, 1.165) is 5.56 Å². The number of halogens is 1. The molecule has 1 aliphatic heterocycles. The predicted molar refractivity (Wildman–Crippen MR) is 83.0 cm³/mol. The first-order valence-electron chi connectivity index (χ1n) is 6.81. The summed E-state index contributed by atoms with van der Waals surface area (Å²) in [6.07, 6.45) is 1.59. The van der Waals surface area contributed by atoms with Gasteiger partial charge in [-0.05, 0) is 55.3 Å². The standard InChI is InChI=1S/C14H19BBrNO4/c1-13(2)14(3,4)21-15(20-13)10(7-12(18)19)9-5-6-11(16)17-8-9/h5-6,8,10H,7H2,1-4H3,(H,18,19). The molecule has 0 aromatic carbocycles. The topological polar surface area (TPSA) is 68.7 Å². The SMILES string of the molecule is CC1(C)OB(C(CC(=O)O)c2ccc(Br)nc2)OC1(C)C. The first-order valence-corrected chi connectivity index (χ1v) is 7.60. The summed E-state index contributed by atoms with van der Waals surface area (Å²) in [6, 6.07) is 3.63. The van der Waals surface area contributed by atoms with Gasteiger partial charge in [-0.15, -0.1) is 0 Å². The molecule has 21 heavy (non-hydrogen) atoms. The molecule has 1 fully saturated rings. The molecule has 1 unspecified atom stereocenters. The van der Waals surface area contributed by atoms with Crippen LogP contribution in [0.5, 0.6) is 0 Å². The van der Waals surface area contributed by atoms with E-state index in [0.29, 0.717) is 4.60 Å². The van der Waals surface area contributed by atoms with Crippen molar-refractivity contribution in [3.8, 4) is 0 Å². The fourth-order valence-corrected chi connectivity index (χ4v) is 2.45. The minimum absolute atomic E-state index is 0.0693. The zero-order valence-corrected chi connectivity index (χ0v) is 14.2. The fraction of sp³-hybridized carbons (Fsp3) is 0.571. The monoisotopic (exact) mass is 355 g/mol. The second-order valence-electron chi connectivity index (χ2n) is 6.24. The maximum absolute atomic E-state index is 11.2. The third kappa shape index (κ3) is 3.47. The summed E-state index contributed by atoms with van der Waals surface area (Å²) < 4.78 is 12.7. The lowest BCUT2D eigenvalue weighted by atomic mass is 9.66. The largest absolute Gasteiger partial charge is 0.481 e. The lowest BCUT2D eigenvalue weighted by molar-refractivity contribution is -0.137. The van der Waals surface area contributed by atoms with E-state index >= 15 is 0 Å². The van der Waals surface area contributed by atoms with E-state index in [4.69, 9.17) is 9.31 Å². The second kappa shape index (κ2) is 5.70. The molecule has 0 aliphatic carbocycles. The Labute approximate surface area is 133 Å². The summed E-state index contributed by atoms with van der Waals surface area (Å²) in [6.45, 7) is 7.80. The van der Waals surface area contributed by atoms with Gasteiger partial charge in [-0.25, -0.2) is 4.98 Å². The average Bonchev–Trinajstić information content (AvgIpc) is 2.56. The number of carbonyl (C=O) groups is 1. The molecule has 1 N–H and O–H groups in total. The predicted octanol–water partition coefficient (Wildman–Crippen LogP) is 3.03. The Hall–Kier alpha value is -0.915. The molecular formula is C14H19BBrNO4. The summed E-state index contributed by atoms with van der Waals surface area (Å²) in [4.78, 5) is 15.4. The van der Waals surface area contributed by atoms with Crippen LogP contribution in [0.25, 0.3) is 0 Å². The van der Waals surface area contributed by atoms with Crippen molar-refractivity contribution >= 4 is 29.0 Å². The summed E-state index contributed by atoms with van der Waals surface area (Å²) >= 11 is 3.28. The van der Waals surface area contributed by atoms with Gasteiger partial charge < -0.3 is 14.4 Å². The minimum atomic E-state index is -0.891. The molecule has 0 spiro atoms. The fourth-order valence-electron chi connectivity index (χ4n) is 2.22. The van der Waals surface area contributed by atoms with Crippen LogP contribution >= 0.6 is 15.9 Å². The molecule has 7 heteroatoms. The van der Waals surface area contributed by atoms with Crippen LogP contribution in [-0.2, 0) is 14.1 Å². The lowest BCUT2D eigenvalue weighted by Crippen LogP contribution is -2.41. The van der Waals surface area contributed by atoms with Crippen LogP contribution < -0.4 is 0 Å². The van der Waals surface area contributed by atoms with E-state index < -0.39 is 30.1 Å². The van der Waals surface area contributed by atoms with Crippen molar-refractivity contribution in [1.29, 1.82) is 0 Å². The van der Waals surface area contributed by atoms with Crippen molar-refractivity contribution in [2.45, 2.75) is 51.1 Å². The number of nitrogens with zero attached hydrogens (tertiary/aromatic N) is 1. The normalized spacial score (nSPS) is 21.3. The quantitative estimate of drug-likeness (QED) is 0.664. The maximum atomic E-state index is 11.2. The smallest absolute Gasteiger partial charge is 0.466 e. The Morgan fingerprint density at radius 3 is 2.33 bits per heavy atom. The molecule has 1 aliphatic rings. The van der Waals surface area contributed by atoms with Crippen LogP contribution in [-0.4, -0.2) is 34.4 Å². The lowest BCUT2D eigenvalue weighted by Gasteiger charge is -2.32. The molecule has 114 valence electrons. The first kappa shape index (κ1) is 16.5. The highest BCUT2D eigenvalue weighted by Crippen LogP contribution is 2.41. The minimum Gasteiger partial charge on any atom is -0.481 e. The number of hydrogen-bond donors (Lipinski definition) is 1. The van der Waals surface area contributed by atoms with Crippen LogP contribution in [0.15, 0.2) is 22.9 Å². The Kier molecular flexibility index (Phi) is 4.47. The summed E-state index contributed by atoms with van der Waals surface area (Å²) in [5.41, 5.74) is -0.187. The number of rotatable bonds is 4. The van der Waals surface area contributed by atoms with Gasteiger partial charge in [0.05, 0.1) is 17.6 Å². The highest BCUT2D eigenvalue weighted by atomic mass is 79.9. The van der Waals surface area contributed by atoms with Gasteiger partial charge >= 0.3 is 13.1 Å². The third-order valence-corrected chi connectivity index (χ3v) is 4.64. The van der Waals surface area contributed by atoms with Crippen molar-refractivity contribution in [2.75, 3.05) is 0 Å². The van der Waals surface area contributed by atoms with Crippen molar-refractivity contribution in [2.24, 2.45) is 0 Å². The molecule has 1 aromatic rings. The molecule has 0 radical (unpaired) electrons. The number of pyridine rings is 1. The summed E-state index contributed by atoms with van der Waals surface area (Å²) in [7, 11) is -0.603. The van der Waals surface area contributed by atoms with Crippen LogP contribution in [0.2, 0.25) is 0 Å². The Morgan fingerprint density at radius 2 is 1.90 bits per heavy atom. The number of hydrogen-bond acceptors (Lipinski definition) is 4. The van der Waals surface area contributed by atoms with Gasteiger partial charge in [0.1, 0.15) is 4.60 Å². The molecule has 1 saturated heterocycles. The van der Waals surface area contributed by atoms with Crippen molar-refractivity contribution < 1.29 is 19.2 Å². The van der Waals surface area contributed by atoms with Crippen LogP contribution in [0.4, 0.5) is 0 Å². The number of aromatic nitrogens is 1. The van der Waals surface area contributed by atoms with Gasteiger partial charge in [0.2, 0.25) is 0 Å². The van der Waals surface area contributed by atoms with Crippen LogP contribution in [0.1, 0.15) is 45.5 Å². The van der Waals surface area contributed by atoms with Gasteiger partial charge in [0.25, 0.3) is 0 Å². The zero-order chi connectivity index (χ0) is 15.8.